The van der Waals surface area contributed by atoms with Crippen molar-refractivity contribution >= 4 is 22.2 Å². The van der Waals surface area contributed by atoms with Gasteiger partial charge >= 0.3 is 10.3 Å². The van der Waals surface area contributed by atoms with E-state index >= 15 is 0 Å². The third-order valence-corrected chi connectivity index (χ3v) is 6.37. The summed E-state index contributed by atoms with van der Waals surface area (Å²) < 4.78 is 32.2. The molecule has 6 atom stereocenters. The zero-order chi connectivity index (χ0) is 22.9. The molecular formula is C19H26N6O6S. The molecule has 4 rings (SSSR count). The molecule has 0 amide bonds. The molecule has 13 heteroatoms. The van der Waals surface area contributed by atoms with E-state index in [1.807, 2.05) is 18.2 Å². The van der Waals surface area contributed by atoms with Crippen molar-refractivity contribution in [1.29, 1.82) is 0 Å². The van der Waals surface area contributed by atoms with E-state index in [9.17, 15) is 18.6 Å². The lowest BCUT2D eigenvalue weighted by Crippen LogP contribution is -2.36. The number of nitrogens with zero attached hydrogens (tertiary/aromatic N) is 3. The molecule has 0 spiro atoms. The van der Waals surface area contributed by atoms with Crippen LogP contribution in [0.5, 0.6) is 0 Å². The van der Waals surface area contributed by atoms with E-state index in [-0.39, 0.29) is 31.1 Å². The third-order valence-electron chi connectivity index (χ3n) is 5.90. The average molecular weight is 467 g/mol. The number of benzene rings is 1. The van der Waals surface area contributed by atoms with Crippen LogP contribution in [0.1, 0.15) is 23.6 Å². The van der Waals surface area contributed by atoms with Crippen molar-refractivity contribution in [1.82, 2.24) is 15.0 Å². The van der Waals surface area contributed by atoms with Crippen molar-refractivity contribution in [2.75, 3.05) is 24.4 Å². The SMILES string of the molecule is CO[C@H]1Cc2ccccc2[C@H]1Nc1ncnc(N[C@@H]2C[C@H](COS(N)(=O)=O)[C@@H](O)[C@H]2O)n1. The number of anilines is 2. The molecule has 1 heterocycles. The molecule has 2 aliphatic carbocycles. The van der Waals surface area contributed by atoms with E-state index in [1.54, 1.807) is 7.11 Å². The molecule has 0 unspecified atom stereocenters. The van der Waals surface area contributed by atoms with Gasteiger partial charge in [0.1, 0.15) is 12.4 Å². The fourth-order valence-electron chi connectivity index (χ4n) is 4.30. The Labute approximate surface area is 185 Å². The van der Waals surface area contributed by atoms with Crippen LogP contribution in [0.2, 0.25) is 0 Å². The Bertz CT molecular complexity index is 1060. The van der Waals surface area contributed by atoms with E-state index in [2.05, 4.69) is 35.8 Å². The van der Waals surface area contributed by atoms with E-state index in [0.29, 0.717) is 5.95 Å². The van der Waals surface area contributed by atoms with Crippen LogP contribution in [0.4, 0.5) is 11.9 Å². The average Bonchev–Trinajstić information content (AvgIpc) is 3.24. The van der Waals surface area contributed by atoms with Gasteiger partial charge < -0.3 is 25.6 Å². The quantitative estimate of drug-likeness (QED) is 0.333. The maximum absolute atomic E-state index is 11.0. The van der Waals surface area contributed by atoms with E-state index in [0.717, 1.165) is 12.0 Å². The predicted molar refractivity (Wildman–Crippen MR) is 114 cm³/mol. The number of nitrogens with two attached hydrogens (primary N) is 1. The fourth-order valence-corrected chi connectivity index (χ4v) is 4.67. The number of aromatic nitrogens is 3. The van der Waals surface area contributed by atoms with Gasteiger partial charge in [0.2, 0.25) is 11.9 Å². The molecule has 0 saturated heterocycles. The molecule has 174 valence electrons. The summed E-state index contributed by atoms with van der Waals surface area (Å²) in [6.07, 6.45) is -0.0995. The maximum Gasteiger partial charge on any atom is 0.333 e. The Kier molecular flexibility index (Phi) is 6.55. The Morgan fingerprint density at radius 3 is 2.59 bits per heavy atom. The van der Waals surface area contributed by atoms with Crippen LogP contribution in [0.25, 0.3) is 0 Å². The normalized spacial score (nSPS) is 29.6. The number of rotatable bonds is 8. The molecule has 12 nitrogen and oxygen atoms in total. The van der Waals surface area contributed by atoms with Crippen molar-refractivity contribution in [2.45, 2.75) is 43.2 Å². The van der Waals surface area contributed by atoms with Gasteiger partial charge in [-0.05, 0) is 17.5 Å². The van der Waals surface area contributed by atoms with Gasteiger partial charge in [-0.25, -0.2) is 15.1 Å². The van der Waals surface area contributed by atoms with Crippen molar-refractivity contribution < 1.29 is 27.6 Å². The maximum atomic E-state index is 11.0. The number of fused-ring (bicyclic) bond motifs is 1. The van der Waals surface area contributed by atoms with Crippen LogP contribution in [0.3, 0.4) is 0 Å². The summed E-state index contributed by atoms with van der Waals surface area (Å²) in [5, 5.41) is 31.7. The molecular weight excluding hydrogens is 440 g/mol. The number of nitrogens with one attached hydrogen (secondary N) is 2. The zero-order valence-corrected chi connectivity index (χ0v) is 18.1. The lowest BCUT2D eigenvalue weighted by atomic mass is 10.1. The second-order valence-electron chi connectivity index (χ2n) is 7.94. The molecule has 6 N–H and O–H groups in total. The van der Waals surface area contributed by atoms with Crippen molar-refractivity contribution in [3.8, 4) is 0 Å². The monoisotopic (exact) mass is 466 g/mol. The summed E-state index contributed by atoms with van der Waals surface area (Å²) in [6, 6.07) is 7.30. The summed E-state index contributed by atoms with van der Waals surface area (Å²) in [6.45, 7) is -0.335. The van der Waals surface area contributed by atoms with Gasteiger partial charge in [-0.3, -0.25) is 4.18 Å². The minimum atomic E-state index is -4.14. The molecule has 2 aromatic rings. The Balaban J connectivity index is 1.43. The summed E-state index contributed by atoms with van der Waals surface area (Å²) in [5.41, 5.74) is 2.31. The molecule has 0 radical (unpaired) electrons. The van der Waals surface area contributed by atoms with Crippen molar-refractivity contribution in [3.63, 3.8) is 0 Å². The van der Waals surface area contributed by atoms with E-state index in [4.69, 9.17) is 9.88 Å². The number of hydrogen-bond acceptors (Lipinski definition) is 11. The molecule has 1 saturated carbocycles. The number of hydrogen-bond donors (Lipinski definition) is 5. The van der Waals surface area contributed by atoms with Gasteiger partial charge in [-0.15, -0.1) is 0 Å². The van der Waals surface area contributed by atoms with Gasteiger partial charge in [0, 0.05) is 19.4 Å². The highest BCUT2D eigenvalue weighted by molar-refractivity contribution is 7.84. The Hall–Kier alpha value is -2.42. The smallest absolute Gasteiger partial charge is 0.333 e. The van der Waals surface area contributed by atoms with E-state index < -0.39 is 34.5 Å². The summed E-state index contributed by atoms with van der Waals surface area (Å²) in [5.74, 6) is -0.0990. The molecule has 0 aliphatic heterocycles. The number of methoxy groups -OCH3 is 1. The van der Waals surface area contributed by atoms with Crippen molar-refractivity contribution in [3.05, 3.63) is 41.7 Å². The first-order chi connectivity index (χ1) is 15.2. The molecule has 2 aliphatic rings. The molecule has 0 bridgehead atoms. The highest BCUT2D eigenvalue weighted by atomic mass is 32.2. The third kappa shape index (κ3) is 4.98. The largest absolute Gasteiger partial charge is 0.390 e. The summed E-state index contributed by atoms with van der Waals surface area (Å²) in [4.78, 5) is 12.6. The zero-order valence-electron chi connectivity index (χ0n) is 17.3. The minimum absolute atomic E-state index is 0.0769. The lowest BCUT2D eigenvalue weighted by Gasteiger charge is -2.21. The molecule has 32 heavy (non-hydrogen) atoms. The first-order valence-corrected chi connectivity index (χ1v) is 11.6. The molecule has 1 fully saturated rings. The first-order valence-electron chi connectivity index (χ1n) is 10.1. The van der Waals surface area contributed by atoms with Crippen LogP contribution in [-0.2, 0) is 25.6 Å². The van der Waals surface area contributed by atoms with Gasteiger partial charge in [-0.2, -0.15) is 13.4 Å². The number of ether oxygens (including phenoxy) is 1. The van der Waals surface area contributed by atoms with Crippen LogP contribution >= 0.6 is 0 Å². The second kappa shape index (κ2) is 9.21. The Morgan fingerprint density at radius 1 is 1.16 bits per heavy atom. The highest BCUT2D eigenvalue weighted by Gasteiger charge is 2.42. The predicted octanol–water partition coefficient (Wildman–Crippen LogP) is -0.662. The summed E-state index contributed by atoms with van der Waals surface area (Å²) in [7, 11) is -2.48. The van der Waals surface area contributed by atoms with Crippen LogP contribution in [0.15, 0.2) is 30.6 Å². The van der Waals surface area contributed by atoms with Crippen LogP contribution < -0.4 is 15.8 Å². The Morgan fingerprint density at radius 2 is 1.88 bits per heavy atom. The van der Waals surface area contributed by atoms with Gasteiger partial charge in [-0.1, -0.05) is 24.3 Å². The van der Waals surface area contributed by atoms with Gasteiger partial charge in [0.05, 0.1) is 30.9 Å². The fraction of sp³-hybridized carbons (Fsp3) is 0.526. The first kappa shape index (κ1) is 22.8. The van der Waals surface area contributed by atoms with Crippen molar-refractivity contribution in [2.24, 2.45) is 11.1 Å². The molecule has 1 aromatic carbocycles. The number of aliphatic hydroxyl groups is 2. The number of aliphatic hydroxyl groups excluding tert-OH is 2. The second-order valence-corrected chi connectivity index (χ2v) is 9.16. The minimum Gasteiger partial charge on any atom is -0.390 e. The standard InChI is InChI=1S/C19H26N6O6S/c1-30-14-7-10-4-2-3-5-12(10)15(14)24-19-22-9-21-18(25-19)23-13-6-11(16(26)17(13)27)8-31-32(20,28)29/h2-5,9,11,13-17,26-27H,6-8H2,1H3,(H2,20,28,29)(H2,21,22,23,24,25)/t11-,13-,14+,15-,16-,17+/m1/s1. The lowest BCUT2D eigenvalue weighted by molar-refractivity contribution is 0.00776. The molecule has 1 aromatic heterocycles. The van der Waals surface area contributed by atoms with Crippen LogP contribution in [0, 0.1) is 5.92 Å². The van der Waals surface area contributed by atoms with Gasteiger partial charge in [0.25, 0.3) is 0 Å². The van der Waals surface area contributed by atoms with E-state index in [1.165, 1.54) is 11.9 Å². The summed E-state index contributed by atoms with van der Waals surface area (Å²) >= 11 is 0. The van der Waals surface area contributed by atoms with Gasteiger partial charge in [0.15, 0.2) is 0 Å². The highest BCUT2D eigenvalue weighted by Crippen LogP contribution is 2.35. The van der Waals surface area contributed by atoms with Crippen LogP contribution in [-0.4, -0.2) is 71.7 Å². The topological polar surface area (TPSA) is 182 Å².